The summed E-state index contributed by atoms with van der Waals surface area (Å²) in [6.45, 7) is 0. The van der Waals surface area contributed by atoms with Crippen LogP contribution in [0.5, 0.6) is 5.75 Å². The molecule has 0 bridgehead atoms. The van der Waals surface area contributed by atoms with Crippen molar-refractivity contribution >= 4 is 10.9 Å². The van der Waals surface area contributed by atoms with Crippen molar-refractivity contribution in [3.05, 3.63) is 58.6 Å². The van der Waals surface area contributed by atoms with E-state index < -0.39 is 29.1 Å². The fraction of sp³-hybridized carbons (Fsp3) is 0.0667. The minimum Gasteiger partial charge on any atom is -0.405 e. The Kier molecular flexibility index (Phi) is 3.51. The van der Waals surface area contributed by atoms with Crippen LogP contribution in [0.4, 0.5) is 17.6 Å². The molecule has 1 aromatic heterocycles. The molecule has 0 saturated heterocycles. The van der Waals surface area contributed by atoms with Gasteiger partial charge in [0, 0.05) is 0 Å². The average molecular weight is 324 g/mol. The number of nitrogens with zero attached hydrogens (tertiary/aromatic N) is 1. The lowest BCUT2D eigenvalue weighted by molar-refractivity contribution is -0.274. The van der Waals surface area contributed by atoms with E-state index in [0.29, 0.717) is 0 Å². The van der Waals surface area contributed by atoms with Gasteiger partial charge in [-0.1, -0.05) is 18.2 Å². The Morgan fingerprint density at radius 3 is 2.52 bits per heavy atom. The number of rotatable bonds is 2. The van der Waals surface area contributed by atoms with Crippen LogP contribution in [0.25, 0.3) is 22.3 Å². The maximum Gasteiger partial charge on any atom is 0.573 e. The number of benzene rings is 2. The molecule has 0 fully saturated rings. The summed E-state index contributed by atoms with van der Waals surface area (Å²) >= 11 is 0. The SMILES string of the molecule is O=c1[nH]c(-c2c(F)cccc2OC(F)(F)F)nc2ccccc12. The van der Waals surface area contributed by atoms with Crippen LogP contribution in [0, 0.1) is 5.82 Å². The van der Waals surface area contributed by atoms with Gasteiger partial charge in [0.15, 0.2) is 0 Å². The molecular weight excluding hydrogens is 316 g/mol. The zero-order valence-corrected chi connectivity index (χ0v) is 11.3. The normalized spacial score (nSPS) is 11.7. The highest BCUT2D eigenvalue weighted by atomic mass is 19.4. The van der Waals surface area contributed by atoms with E-state index in [-0.39, 0.29) is 16.7 Å². The number of nitrogens with one attached hydrogen (secondary N) is 1. The van der Waals surface area contributed by atoms with Crippen LogP contribution in [0.1, 0.15) is 0 Å². The molecule has 0 aliphatic heterocycles. The van der Waals surface area contributed by atoms with Gasteiger partial charge in [-0.2, -0.15) is 0 Å². The molecule has 0 radical (unpaired) electrons. The Morgan fingerprint density at radius 1 is 1.04 bits per heavy atom. The van der Waals surface area contributed by atoms with E-state index in [9.17, 15) is 22.4 Å². The van der Waals surface area contributed by atoms with Crippen LogP contribution in [0.3, 0.4) is 0 Å². The third-order valence-corrected chi connectivity index (χ3v) is 3.05. The number of para-hydroxylation sites is 1. The van der Waals surface area contributed by atoms with Crippen molar-refractivity contribution in [3.63, 3.8) is 0 Å². The number of halogens is 4. The fourth-order valence-electron chi connectivity index (χ4n) is 2.15. The summed E-state index contributed by atoms with van der Waals surface area (Å²) in [5.41, 5.74) is -0.924. The number of aromatic nitrogens is 2. The maximum atomic E-state index is 14.0. The molecule has 0 saturated carbocycles. The predicted molar refractivity (Wildman–Crippen MR) is 74.4 cm³/mol. The van der Waals surface area contributed by atoms with Crippen molar-refractivity contribution in [3.8, 4) is 17.1 Å². The highest BCUT2D eigenvalue weighted by molar-refractivity contribution is 5.80. The van der Waals surface area contributed by atoms with Gasteiger partial charge in [0.05, 0.1) is 16.5 Å². The summed E-state index contributed by atoms with van der Waals surface area (Å²) in [6, 6.07) is 9.18. The van der Waals surface area contributed by atoms with Gasteiger partial charge in [0.2, 0.25) is 0 Å². The number of fused-ring (bicyclic) bond motifs is 1. The summed E-state index contributed by atoms with van der Waals surface area (Å²) in [5, 5.41) is 0.242. The zero-order chi connectivity index (χ0) is 16.6. The first-order valence-electron chi connectivity index (χ1n) is 6.39. The van der Waals surface area contributed by atoms with Crippen molar-refractivity contribution in [1.82, 2.24) is 9.97 Å². The first-order chi connectivity index (χ1) is 10.8. The number of ether oxygens (including phenoxy) is 1. The van der Waals surface area contributed by atoms with E-state index in [1.807, 2.05) is 0 Å². The second-order valence-corrected chi connectivity index (χ2v) is 4.59. The molecule has 0 atom stereocenters. The van der Waals surface area contributed by atoms with Gasteiger partial charge < -0.3 is 9.72 Å². The molecule has 0 aliphatic carbocycles. The lowest BCUT2D eigenvalue weighted by atomic mass is 10.1. The average Bonchev–Trinajstić information content (AvgIpc) is 2.45. The van der Waals surface area contributed by atoms with Gasteiger partial charge in [0.25, 0.3) is 5.56 Å². The molecular formula is C15H8F4N2O2. The van der Waals surface area contributed by atoms with Crippen LogP contribution < -0.4 is 10.3 Å². The second-order valence-electron chi connectivity index (χ2n) is 4.59. The van der Waals surface area contributed by atoms with Crippen LogP contribution in [0.2, 0.25) is 0 Å². The molecule has 23 heavy (non-hydrogen) atoms. The van der Waals surface area contributed by atoms with Crippen molar-refractivity contribution in [2.45, 2.75) is 6.36 Å². The van der Waals surface area contributed by atoms with Gasteiger partial charge in [-0.25, -0.2) is 9.37 Å². The number of H-pyrrole nitrogens is 1. The van der Waals surface area contributed by atoms with E-state index >= 15 is 0 Å². The van der Waals surface area contributed by atoms with E-state index in [4.69, 9.17) is 0 Å². The standard InChI is InChI=1S/C15H8F4N2O2/c16-9-5-3-7-11(23-15(17,18)19)12(9)13-20-10-6-2-1-4-8(10)14(22)21-13/h1-7H,(H,20,21,22). The van der Waals surface area contributed by atoms with Crippen molar-refractivity contribution in [1.29, 1.82) is 0 Å². The lowest BCUT2D eigenvalue weighted by Crippen LogP contribution is -2.18. The first kappa shape index (κ1) is 15.0. The third kappa shape index (κ3) is 3.01. The van der Waals surface area contributed by atoms with Crippen LogP contribution in [-0.2, 0) is 0 Å². The quantitative estimate of drug-likeness (QED) is 0.733. The van der Waals surface area contributed by atoms with E-state index in [1.165, 1.54) is 12.1 Å². The molecule has 3 rings (SSSR count). The molecule has 0 amide bonds. The molecule has 0 aliphatic rings. The molecule has 1 heterocycles. The van der Waals surface area contributed by atoms with Crippen LogP contribution >= 0.6 is 0 Å². The largest absolute Gasteiger partial charge is 0.573 e. The molecule has 8 heteroatoms. The summed E-state index contributed by atoms with van der Waals surface area (Å²) in [4.78, 5) is 18.3. The fourth-order valence-corrected chi connectivity index (χ4v) is 2.15. The Balaban J connectivity index is 2.24. The van der Waals surface area contributed by atoms with Crippen LogP contribution in [0.15, 0.2) is 47.3 Å². The molecule has 4 nitrogen and oxygen atoms in total. The summed E-state index contributed by atoms with van der Waals surface area (Å²) in [5.74, 6) is -2.12. The minimum absolute atomic E-state index is 0.229. The van der Waals surface area contributed by atoms with Crippen molar-refractivity contribution in [2.24, 2.45) is 0 Å². The number of hydrogen-bond acceptors (Lipinski definition) is 3. The third-order valence-electron chi connectivity index (χ3n) is 3.05. The Hall–Kier alpha value is -2.90. The highest BCUT2D eigenvalue weighted by Crippen LogP contribution is 2.34. The highest BCUT2D eigenvalue weighted by Gasteiger charge is 2.33. The minimum atomic E-state index is -5.00. The molecule has 0 unspecified atom stereocenters. The zero-order valence-electron chi connectivity index (χ0n) is 11.3. The van der Waals surface area contributed by atoms with E-state index in [2.05, 4.69) is 14.7 Å². The lowest BCUT2D eigenvalue weighted by Gasteiger charge is -2.13. The van der Waals surface area contributed by atoms with Gasteiger partial charge >= 0.3 is 6.36 Å². The topological polar surface area (TPSA) is 55.0 Å². The van der Waals surface area contributed by atoms with Gasteiger partial charge in [0.1, 0.15) is 17.4 Å². The molecule has 1 N–H and O–H groups in total. The Labute approximate surface area is 126 Å². The number of aromatic amines is 1. The van der Waals surface area contributed by atoms with Gasteiger partial charge in [-0.3, -0.25) is 4.79 Å². The van der Waals surface area contributed by atoms with Gasteiger partial charge in [-0.05, 0) is 24.3 Å². The maximum absolute atomic E-state index is 14.0. The molecule has 2 aromatic carbocycles. The second kappa shape index (κ2) is 5.38. The summed E-state index contributed by atoms with van der Waals surface area (Å²) in [6.07, 6.45) is -5.00. The first-order valence-corrected chi connectivity index (χ1v) is 6.39. The number of alkyl halides is 3. The Morgan fingerprint density at radius 2 is 1.78 bits per heavy atom. The smallest absolute Gasteiger partial charge is 0.405 e. The van der Waals surface area contributed by atoms with Crippen LogP contribution in [-0.4, -0.2) is 16.3 Å². The van der Waals surface area contributed by atoms with Crippen molar-refractivity contribution < 1.29 is 22.3 Å². The number of hydrogen-bond donors (Lipinski definition) is 1. The predicted octanol–water partition coefficient (Wildman–Crippen LogP) is 3.63. The summed E-state index contributed by atoms with van der Waals surface area (Å²) in [7, 11) is 0. The molecule has 0 spiro atoms. The van der Waals surface area contributed by atoms with Gasteiger partial charge in [-0.15, -0.1) is 13.2 Å². The monoisotopic (exact) mass is 324 g/mol. The molecule has 118 valence electrons. The Bertz CT molecular complexity index is 935. The van der Waals surface area contributed by atoms with Crippen molar-refractivity contribution in [2.75, 3.05) is 0 Å². The summed E-state index contributed by atoms with van der Waals surface area (Å²) < 4.78 is 55.2. The van der Waals surface area contributed by atoms with E-state index in [0.717, 1.165) is 18.2 Å². The molecule has 3 aromatic rings. The van der Waals surface area contributed by atoms with E-state index in [1.54, 1.807) is 12.1 Å².